The summed E-state index contributed by atoms with van der Waals surface area (Å²) >= 11 is 16.9. The van der Waals surface area contributed by atoms with Crippen molar-refractivity contribution < 1.29 is 9.59 Å². The number of fused-ring (bicyclic) bond motifs is 2. The second-order valence-electron chi connectivity index (χ2n) is 5.82. The molecule has 1 spiro atoms. The van der Waals surface area contributed by atoms with Crippen LogP contribution in [0.4, 0.5) is 11.4 Å². The van der Waals surface area contributed by atoms with E-state index in [1.165, 1.54) is 16.7 Å². The molecule has 2 aliphatic rings. The number of carbonyl (C=O) groups is 2. The van der Waals surface area contributed by atoms with Crippen LogP contribution >= 0.6 is 50.9 Å². The number of thioether (sulfide) groups is 1. The maximum Gasteiger partial charge on any atom is 0.266 e. The fourth-order valence-electron chi connectivity index (χ4n) is 3.20. The van der Waals surface area contributed by atoms with Gasteiger partial charge < -0.3 is 5.32 Å². The molecule has 0 aromatic heterocycles. The SMILES string of the molecule is C[C@@H]1S[C@@]2(C(=O)Nc3ccc(Br)cc32)N(c2ccc(Cl)c(Cl)c2)C1=O. The van der Waals surface area contributed by atoms with E-state index in [2.05, 4.69) is 21.2 Å². The van der Waals surface area contributed by atoms with Crippen molar-refractivity contribution in [2.45, 2.75) is 17.0 Å². The van der Waals surface area contributed by atoms with Crippen LogP contribution in [0.15, 0.2) is 40.9 Å². The van der Waals surface area contributed by atoms with Gasteiger partial charge in [-0.15, -0.1) is 11.8 Å². The fourth-order valence-corrected chi connectivity index (χ4v) is 5.33. The molecule has 128 valence electrons. The summed E-state index contributed by atoms with van der Waals surface area (Å²) in [5, 5.41) is 3.25. The molecule has 2 aromatic rings. The molecule has 2 heterocycles. The third-order valence-corrected chi connectivity index (χ3v) is 7.01. The first-order chi connectivity index (χ1) is 11.8. The van der Waals surface area contributed by atoms with Crippen molar-refractivity contribution in [2.24, 2.45) is 0 Å². The van der Waals surface area contributed by atoms with Crippen molar-refractivity contribution in [1.82, 2.24) is 0 Å². The van der Waals surface area contributed by atoms with Crippen LogP contribution in [0, 0.1) is 0 Å². The number of rotatable bonds is 1. The summed E-state index contributed by atoms with van der Waals surface area (Å²) in [6.45, 7) is 1.80. The number of hydrogen-bond donors (Lipinski definition) is 1. The van der Waals surface area contributed by atoms with E-state index in [1.54, 1.807) is 25.1 Å². The Morgan fingerprint density at radius 1 is 1.16 bits per heavy atom. The highest BCUT2D eigenvalue weighted by Crippen LogP contribution is 2.56. The van der Waals surface area contributed by atoms with Gasteiger partial charge in [-0.25, -0.2) is 0 Å². The quantitative estimate of drug-likeness (QED) is 0.653. The van der Waals surface area contributed by atoms with Gasteiger partial charge in [-0.1, -0.05) is 39.1 Å². The summed E-state index contributed by atoms with van der Waals surface area (Å²) < 4.78 is 0.837. The van der Waals surface area contributed by atoms with Gasteiger partial charge in [0.1, 0.15) is 0 Å². The molecule has 1 saturated heterocycles. The van der Waals surface area contributed by atoms with Gasteiger partial charge in [-0.05, 0) is 43.3 Å². The number of nitrogens with zero attached hydrogens (tertiary/aromatic N) is 1. The van der Waals surface area contributed by atoms with E-state index in [1.807, 2.05) is 18.2 Å². The number of nitrogens with one attached hydrogen (secondary N) is 1. The Bertz CT molecular complexity index is 939. The molecule has 0 saturated carbocycles. The van der Waals surface area contributed by atoms with Gasteiger partial charge >= 0.3 is 0 Å². The molecule has 0 radical (unpaired) electrons. The highest BCUT2D eigenvalue weighted by Gasteiger charge is 2.61. The Kier molecular flexibility index (Phi) is 4.07. The number of hydrogen-bond acceptors (Lipinski definition) is 3. The van der Waals surface area contributed by atoms with Crippen LogP contribution in [0.1, 0.15) is 12.5 Å². The maximum absolute atomic E-state index is 13.0. The number of carbonyl (C=O) groups excluding carboxylic acids is 2. The monoisotopic (exact) mass is 456 g/mol. The number of benzene rings is 2. The second-order valence-corrected chi connectivity index (χ2v) is 9.08. The molecule has 0 aliphatic carbocycles. The lowest BCUT2D eigenvalue weighted by molar-refractivity contribution is -0.122. The minimum absolute atomic E-state index is 0.147. The van der Waals surface area contributed by atoms with Crippen LogP contribution in [0.3, 0.4) is 0 Å². The Morgan fingerprint density at radius 3 is 2.64 bits per heavy atom. The van der Waals surface area contributed by atoms with Gasteiger partial charge in [0.05, 0.1) is 15.3 Å². The second kappa shape index (κ2) is 5.91. The molecule has 4 nitrogen and oxygen atoms in total. The highest BCUT2D eigenvalue weighted by molar-refractivity contribution is 9.10. The molecular formula is C17H11BrCl2N2O2S. The van der Waals surface area contributed by atoms with Crippen molar-refractivity contribution >= 4 is 74.1 Å². The van der Waals surface area contributed by atoms with E-state index in [0.717, 1.165) is 10.0 Å². The summed E-state index contributed by atoms with van der Waals surface area (Å²) in [6.07, 6.45) is 0. The van der Waals surface area contributed by atoms with Crippen molar-refractivity contribution in [3.8, 4) is 0 Å². The molecule has 2 aromatic carbocycles. The molecule has 1 fully saturated rings. The van der Waals surface area contributed by atoms with Crippen LogP contribution in [-0.4, -0.2) is 17.1 Å². The van der Waals surface area contributed by atoms with Gasteiger partial charge in [-0.2, -0.15) is 0 Å². The average Bonchev–Trinajstić information content (AvgIpc) is 2.98. The van der Waals surface area contributed by atoms with Crippen LogP contribution in [0.5, 0.6) is 0 Å². The van der Waals surface area contributed by atoms with Crippen LogP contribution in [0.2, 0.25) is 10.0 Å². The molecule has 0 unspecified atom stereocenters. The van der Waals surface area contributed by atoms with Crippen LogP contribution < -0.4 is 10.2 Å². The lowest BCUT2D eigenvalue weighted by Gasteiger charge is -2.32. The third kappa shape index (κ3) is 2.42. The summed E-state index contributed by atoms with van der Waals surface area (Å²) in [4.78, 5) is 26.3. The molecule has 2 atom stereocenters. The van der Waals surface area contributed by atoms with E-state index in [-0.39, 0.29) is 17.1 Å². The molecular weight excluding hydrogens is 447 g/mol. The third-order valence-electron chi connectivity index (χ3n) is 4.29. The van der Waals surface area contributed by atoms with Gasteiger partial charge in [0, 0.05) is 21.4 Å². The Balaban J connectivity index is 1.96. The maximum atomic E-state index is 13.0. The van der Waals surface area contributed by atoms with E-state index >= 15 is 0 Å². The van der Waals surface area contributed by atoms with E-state index in [0.29, 0.717) is 21.4 Å². The smallest absolute Gasteiger partial charge is 0.266 e. The minimum Gasteiger partial charge on any atom is -0.323 e. The minimum atomic E-state index is -1.16. The topological polar surface area (TPSA) is 49.4 Å². The van der Waals surface area contributed by atoms with Gasteiger partial charge in [0.2, 0.25) is 10.8 Å². The zero-order valence-electron chi connectivity index (χ0n) is 12.8. The van der Waals surface area contributed by atoms with E-state index in [4.69, 9.17) is 23.2 Å². The summed E-state index contributed by atoms with van der Waals surface area (Å²) in [5.41, 5.74) is 1.99. The van der Waals surface area contributed by atoms with E-state index in [9.17, 15) is 9.59 Å². The highest BCUT2D eigenvalue weighted by atomic mass is 79.9. The molecule has 1 N–H and O–H groups in total. The lowest BCUT2D eigenvalue weighted by Crippen LogP contribution is -2.47. The summed E-state index contributed by atoms with van der Waals surface area (Å²) in [5.74, 6) is -0.388. The van der Waals surface area contributed by atoms with Crippen molar-refractivity contribution in [3.05, 3.63) is 56.5 Å². The number of amides is 2. The molecule has 2 aliphatic heterocycles. The van der Waals surface area contributed by atoms with Crippen LogP contribution in [-0.2, 0) is 14.5 Å². The predicted octanol–water partition coefficient (Wildman–Crippen LogP) is 5.03. The average molecular weight is 458 g/mol. The van der Waals surface area contributed by atoms with Gasteiger partial charge in [-0.3, -0.25) is 14.5 Å². The first-order valence-electron chi connectivity index (χ1n) is 7.43. The van der Waals surface area contributed by atoms with Gasteiger partial charge in [0.15, 0.2) is 0 Å². The molecule has 0 bridgehead atoms. The Labute approximate surface area is 167 Å². The fraction of sp³-hybridized carbons (Fsp3) is 0.176. The molecule has 8 heteroatoms. The number of anilines is 2. The predicted molar refractivity (Wildman–Crippen MR) is 105 cm³/mol. The largest absolute Gasteiger partial charge is 0.323 e. The lowest BCUT2D eigenvalue weighted by atomic mass is 10.0. The van der Waals surface area contributed by atoms with E-state index < -0.39 is 4.87 Å². The molecule has 25 heavy (non-hydrogen) atoms. The van der Waals surface area contributed by atoms with Crippen molar-refractivity contribution in [1.29, 1.82) is 0 Å². The zero-order valence-corrected chi connectivity index (χ0v) is 16.8. The molecule has 2 amide bonds. The molecule has 4 rings (SSSR count). The zero-order chi connectivity index (χ0) is 17.9. The van der Waals surface area contributed by atoms with Crippen molar-refractivity contribution in [3.63, 3.8) is 0 Å². The summed E-state index contributed by atoms with van der Waals surface area (Å²) in [6, 6.07) is 10.5. The first kappa shape index (κ1) is 17.2. The number of halogens is 3. The van der Waals surface area contributed by atoms with Gasteiger partial charge in [0.25, 0.3) is 5.91 Å². The Morgan fingerprint density at radius 2 is 1.92 bits per heavy atom. The normalized spacial score (nSPS) is 24.8. The first-order valence-corrected chi connectivity index (χ1v) is 9.86. The standard InChI is InChI=1S/C17H11BrCl2N2O2S/c1-8-15(23)22(10-3-4-12(19)13(20)7-10)17(25-8)11-6-9(18)2-5-14(11)21-16(17)24/h2-8H,1H3,(H,21,24)/t8-,17-/m0/s1. The van der Waals surface area contributed by atoms with Crippen LogP contribution in [0.25, 0.3) is 0 Å². The Hall–Kier alpha value is -1.21. The summed E-state index contributed by atoms with van der Waals surface area (Å²) in [7, 11) is 0. The van der Waals surface area contributed by atoms with Crippen molar-refractivity contribution in [2.75, 3.05) is 10.2 Å².